The fourth-order valence-corrected chi connectivity index (χ4v) is 5.13. The molecule has 1 aromatic carbocycles. The molecule has 2 rings (SSSR count). The fraction of sp³-hybridized carbons (Fsp3) is 0.647. The van der Waals surface area contributed by atoms with Crippen LogP contribution in [0.15, 0.2) is 24.3 Å². The summed E-state index contributed by atoms with van der Waals surface area (Å²) in [6, 6.07) is 10.1. The molecule has 1 aliphatic rings. The van der Waals surface area contributed by atoms with Crippen LogP contribution in [0.25, 0.3) is 0 Å². The van der Waals surface area contributed by atoms with Gasteiger partial charge in [-0.3, -0.25) is 0 Å². The molecule has 5 heteroatoms. The third-order valence-corrected chi connectivity index (χ3v) is 8.07. The van der Waals surface area contributed by atoms with E-state index in [9.17, 15) is 0 Å². The van der Waals surface area contributed by atoms with Crippen molar-refractivity contribution >= 4 is 14.5 Å². The third kappa shape index (κ3) is 2.95. The molecule has 1 unspecified atom stereocenters. The second kappa shape index (κ2) is 6.70. The summed E-state index contributed by atoms with van der Waals surface area (Å²) in [6.45, 7) is 7.96. The Morgan fingerprint density at radius 2 is 1.68 bits per heavy atom. The van der Waals surface area contributed by atoms with Crippen molar-refractivity contribution < 1.29 is 13.3 Å². The summed E-state index contributed by atoms with van der Waals surface area (Å²) in [5.41, 5.74) is 2.98. The molecule has 4 nitrogen and oxygen atoms in total. The zero-order chi connectivity index (χ0) is 16.4. The predicted molar refractivity (Wildman–Crippen MR) is 92.5 cm³/mol. The van der Waals surface area contributed by atoms with Crippen molar-refractivity contribution in [2.24, 2.45) is 0 Å². The van der Waals surface area contributed by atoms with E-state index < -0.39 is 8.80 Å². The molecule has 0 bridgehead atoms. The lowest BCUT2D eigenvalue weighted by molar-refractivity contribution is 0.123. The standard InChI is InChI=1S/C17H29NO3Si/c1-14-17(2,3)15-10-7-8-11-16(15)18(14)12-9-13-22(19-4,20-5)21-6/h7-8,10-11,14H,9,12-13H2,1-6H3. The summed E-state index contributed by atoms with van der Waals surface area (Å²) >= 11 is 0. The zero-order valence-electron chi connectivity index (χ0n) is 14.7. The van der Waals surface area contributed by atoms with Gasteiger partial charge in [0, 0.05) is 51.1 Å². The van der Waals surface area contributed by atoms with Gasteiger partial charge in [-0.25, -0.2) is 0 Å². The van der Waals surface area contributed by atoms with Crippen LogP contribution in [-0.2, 0) is 18.7 Å². The Hall–Kier alpha value is -0.883. The molecule has 0 aliphatic carbocycles. The van der Waals surface area contributed by atoms with Crippen LogP contribution >= 0.6 is 0 Å². The van der Waals surface area contributed by atoms with E-state index in [1.54, 1.807) is 21.3 Å². The quantitative estimate of drug-likeness (QED) is 0.719. The van der Waals surface area contributed by atoms with Crippen LogP contribution in [0, 0.1) is 0 Å². The van der Waals surface area contributed by atoms with Gasteiger partial charge in [0.25, 0.3) is 0 Å². The minimum Gasteiger partial charge on any atom is -0.377 e. The lowest BCUT2D eigenvalue weighted by Gasteiger charge is -2.32. The number of anilines is 1. The van der Waals surface area contributed by atoms with Crippen LogP contribution in [0.4, 0.5) is 5.69 Å². The lowest BCUT2D eigenvalue weighted by atomic mass is 9.81. The fourth-order valence-electron chi connectivity index (χ4n) is 3.43. The van der Waals surface area contributed by atoms with Gasteiger partial charge in [0.2, 0.25) is 0 Å². The molecule has 0 spiro atoms. The highest BCUT2D eigenvalue weighted by Crippen LogP contribution is 2.44. The molecule has 0 saturated carbocycles. The van der Waals surface area contributed by atoms with E-state index >= 15 is 0 Å². The Balaban J connectivity index is 2.08. The number of rotatable bonds is 7. The van der Waals surface area contributed by atoms with Crippen molar-refractivity contribution in [3.63, 3.8) is 0 Å². The molecule has 22 heavy (non-hydrogen) atoms. The largest absolute Gasteiger partial charge is 0.500 e. The van der Waals surface area contributed by atoms with E-state index in [2.05, 4.69) is 49.9 Å². The molecule has 1 aliphatic heterocycles. The molecule has 124 valence electrons. The zero-order valence-corrected chi connectivity index (χ0v) is 15.7. The van der Waals surface area contributed by atoms with Crippen molar-refractivity contribution in [1.82, 2.24) is 0 Å². The number of para-hydroxylation sites is 1. The van der Waals surface area contributed by atoms with Gasteiger partial charge < -0.3 is 18.2 Å². The van der Waals surface area contributed by atoms with Crippen molar-refractivity contribution in [3.05, 3.63) is 29.8 Å². The minimum absolute atomic E-state index is 0.175. The second-order valence-corrected chi connectivity index (χ2v) is 9.60. The first-order valence-corrected chi connectivity index (χ1v) is 9.86. The van der Waals surface area contributed by atoms with Gasteiger partial charge in [-0.15, -0.1) is 0 Å². The minimum atomic E-state index is -2.47. The van der Waals surface area contributed by atoms with Crippen molar-refractivity contribution in [3.8, 4) is 0 Å². The summed E-state index contributed by atoms with van der Waals surface area (Å²) < 4.78 is 16.5. The van der Waals surface area contributed by atoms with Crippen LogP contribution in [0.1, 0.15) is 32.8 Å². The topological polar surface area (TPSA) is 30.9 Å². The molecule has 0 N–H and O–H groups in total. The van der Waals surface area contributed by atoms with E-state index in [0.717, 1.165) is 19.0 Å². The highest BCUT2D eigenvalue weighted by molar-refractivity contribution is 6.60. The molecule has 0 saturated heterocycles. The number of hydrogen-bond donors (Lipinski definition) is 0. The third-order valence-electron chi connectivity index (χ3n) is 5.23. The Labute approximate surface area is 135 Å². The molecule has 1 atom stereocenters. The first kappa shape index (κ1) is 17.5. The number of benzene rings is 1. The maximum atomic E-state index is 5.51. The summed E-state index contributed by atoms with van der Waals surface area (Å²) in [4.78, 5) is 2.51. The summed E-state index contributed by atoms with van der Waals surface area (Å²) in [6.07, 6.45) is 0.997. The number of fused-ring (bicyclic) bond motifs is 1. The second-order valence-electron chi connectivity index (χ2n) is 6.51. The molecule has 1 aromatic rings. The van der Waals surface area contributed by atoms with E-state index in [1.165, 1.54) is 11.3 Å². The van der Waals surface area contributed by atoms with Crippen LogP contribution in [0.2, 0.25) is 6.04 Å². The smallest absolute Gasteiger partial charge is 0.377 e. The van der Waals surface area contributed by atoms with Crippen molar-refractivity contribution in [1.29, 1.82) is 0 Å². The van der Waals surface area contributed by atoms with Gasteiger partial charge in [-0.2, -0.15) is 0 Å². The summed E-state index contributed by atoms with van der Waals surface area (Å²) in [5.74, 6) is 0. The Morgan fingerprint density at radius 1 is 1.09 bits per heavy atom. The van der Waals surface area contributed by atoms with Crippen LogP contribution in [0.5, 0.6) is 0 Å². The van der Waals surface area contributed by atoms with E-state index in [0.29, 0.717) is 6.04 Å². The Morgan fingerprint density at radius 3 is 2.27 bits per heavy atom. The van der Waals surface area contributed by atoms with Crippen LogP contribution in [0.3, 0.4) is 0 Å². The number of nitrogens with zero attached hydrogens (tertiary/aromatic N) is 1. The van der Waals surface area contributed by atoms with Gasteiger partial charge in [0.15, 0.2) is 0 Å². The monoisotopic (exact) mass is 323 g/mol. The maximum Gasteiger partial charge on any atom is 0.500 e. The van der Waals surface area contributed by atoms with Gasteiger partial charge in [0.1, 0.15) is 0 Å². The van der Waals surface area contributed by atoms with E-state index in [-0.39, 0.29) is 5.41 Å². The van der Waals surface area contributed by atoms with Gasteiger partial charge in [-0.05, 0) is 25.0 Å². The van der Waals surface area contributed by atoms with Crippen LogP contribution < -0.4 is 4.90 Å². The first-order chi connectivity index (χ1) is 10.4. The average Bonchev–Trinajstić information content (AvgIpc) is 2.73. The Kier molecular flexibility index (Phi) is 5.32. The molecular formula is C17H29NO3Si. The molecule has 0 radical (unpaired) electrons. The van der Waals surface area contributed by atoms with Gasteiger partial charge >= 0.3 is 8.80 Å². The van der Waals surface area contributed by atoms with Crippen LogP contribution in [-0.4, -0.2) is 42.7 Å². The molecule has 1 heterocycles. The predicted octanol–water partition coefficient (Wildman–Crippen LogP) is 3.44. The lowest BCUT2D eigenvalue weighted by Crippen LogP contribution is -2.44. The SMILES string of the molecule is CO[Si](CCCN1c2ccccc2C(C)(C)C1C)(OC)OC. The summed E-state index contributed by atoms with van der Waals surface area (Å²) in [5, 5.41) is 0. The van der Waals surface area contributed by atoms with Crippen molar-refractivity contribution in [2.45, 2.75) is 44.7 Å². The molecule has 0 aromatic heterocycles. The number of hydrogen-bond acceptors (Lipinski definition) is 4. The van der Waals surface area contributed by atoms with Crippen molar-refractivity contribution in [2.75, 3.05) is 32.8 Å². The Bertz CT molecular complexity index is 494. The van der Waals surface area contributed by atoms with E-state index in [4.69, 9.17) is 13.3 Å². The first-order valence-electron chi connectivity index (χ1n) is 7.93. The van der Waals surface area contributed by atoms with E-state index in [1.807, 2.05) is 0 Å². The molecule has 0 amide bonds. The molecule has 0 fully saturated rings. The maximum absolute atomic E-state index is 5.51. The average molecular weight is 324 g/mol. The normalized spacial score (nSPS) is 20.3. The highest BCUT2D eigenvalue weighted by Gasteiger charge is 2.42. The molecular weight excluding hydrogens is 294 g/mol. The van der Waals surface area contributed by atoms with Gasteiger partial charge in [0.05, 0.1) is 0 Å². The van der Waals surface area contributed by atoms with Gasteiger partial charge in [-0.1, -0.05) is 32.0 Å². The highest BCUT2D eigenvalue weighted by atomic mass is 28.4. The summed E-state index contributed by atoms with van der Waals surface area (Å²) in [7, 11) is 2.56.